The van der Waals surface area contributed by atoms with Crippen molar-refractivity contribution in [2.75, 3.05) is 26.7 Å². The maximum atomic E-state index is 12.7. The second-order valence-electron chi connectivity index (χ2n) is 5.71. The topological polar surface area (TPSA) is 32.3 Å². The van der Waals surface area contributed by atoms with Crippen LogP contribution in [0.3, 0.4) is 0 Å². The molecule has 0 aromatic heterocycles. The first-order valence-corrected chi connectivity index (χ1v) is 7.53. The lowest BCUT2D eigenvalue weighted by molar-refractivity contribution is -0.137. The molecule has 0 unspecified atom stereocenters. The summed E-state index contributed by atoms with van der Waals surface area (Å²) >= 11 is 0. The van der Waals surface area contributed by atoms with Gasteiger partial charge in [0.25, 0.3) is 5.91 Å². The number of nitrogens with one attached hydrogen (secondary N) is 1. The van der Waals surface area contributed by atoms with Crippen LogP contribution in [0.15, 0.2) is 24.3 Å². The van der Waals surface area contributed by atoms with Crippen molar-refractivity contribution in [1.29, 1.82) is 0 Å². The summed E-state index contributed by atoms with van der Waals surface area (Å²) in [6.45, 7) is 2.18. The van der Waals surface area contributed by atoms with Crippen LogP contribution in [0, 0.1) is 5.92 Å². The Morgan fingerprint density at radius 2 is 1.96 bits per heavy atom. The number of carbonyl (C=O) groups excluding carboxylic acids is 1. The molecule has 1 N–H and O–H groups in total. The molecule has 1 aliphatic heterocycles. The average Bonchev–Trinajstić information content (AvgIpc) is 2.52. The maximum Gasteiger partial charge on any atom is 0.416 e. The zero-order valence-corrected chi connectivity index (χ0v) is 13.8. The van der Waals surface area contributed by atoms with Crippen molar-refractivity contribution in [3.63, 3.8) is 0 Å². The Morgan fingerprint density at radius 1 is 1.30 bits per heavy atom. The number of benzene rings is 1. The van der Waals surface area contributed by atoms with E-state index in [-0.39, 0.29) is 23.9 Å². The molecule has 1 amide bonds. The molecule has 23 heavy (non-hydrogen) atoms. The van der Waals surface area contributed by atoms with E-state index in [2.05, 4.69) is 5.32 Å². The van der Waals surface area contributed by atoms with Gasteiger partial charge in [-0.25, -0.2) is 0 Å². The van der Waals surface area contributed by atoms with Gasteiger partial charge >= 0.3 is 6.18 Å². The minimum absolute atomic E-state index is 0. The molecule has 0 spiro atoms. The highest BCUT2D eigenvalue weighted by Crippen LogP contribution is 2.30. The molecule has 1 aromatic carbocycles. The van der Waals surface area contributed by atoms with Gasteiger partial charge in [0.2, 0.25) is 0 Å². The molecule has 0 atom stereocenters. The van der Waals surface area contributed by atoms with Crippen LogP contribution in [-0.4, -0.2) is 37.5 Å². The molecule has 1 fully saturated rings. The predicted octanol–water partition coefficient (Wildman–Crippen LogP) is 3.59. The fraction of sp³-hybridized carbons (Fsp3) is 0.562. The molecule has 0 bridgehead atoms. The summed E-state index contributed by atoms with van der Waals surface area (Å²) in [6, 6.07) is 4.66. The molecule has 3 nitrogen and oxygen atoms in total. The van der Waals surface area contributed by atoms with E-state index in [1.54, 1.807) is 4.90 Å². The SMILES string of the molecule is CNCCC1CCN(C(=O)c2cccc(C(F)(F)F)c2)CC1.Cl. The molecule has 2 rings (SSSR count). The van der Waals surface area contributed by atoms with E-state index >= 15 is 0 Å². The van der Waals surface area contributed by atoms with E-state index in [0.717, 1.165) is 37.9 Å². The summed E-state index contributed by atoms with van der Waals surface area (Å²) in [5.74, 6) is 0.274. The van der Waals surface area contributed by atoms with E-state index in [9.17, 15) is 18.0 Å². The minimum Gasteiger partial charge on any atom is -0.339 e. The van der Waals surface area contributed by atoms with Crippen LogP contribution in [0.1, 0.15) is 35.2 Å². The van der Waals surface area contributed by atoms with Gasteiger partial charge in [-0.3, -0.25) is 4.79 Å². The highest BCUT2D eigenvalue weighted by molar-refractivity contribution is 5.94. The normalized spacial score (nSPS) is 16.1. The van der Waals surface area contributed by atoms with Crippen LogP contribution in [0.2, 0.25) is 0 Å². The largest absolute Gasteiger partial charge is 0.416 e. The van der Waals surface area contributed by atoms with E-state index in [0.29, 0.717) is 19.0 Å². The van der Waals surface area contributed by atoms with Gasteiger partial charge in [0.15, 0.2) is 0 Å². The monoisotopic (exact) mass is 350 g/mol. The van der Waals surface area contributed by atoms with Gasteiger partial charge in [0.05, 0.1) is 5.56 Å². The number of hydrogen-bond acceptors (Lipinski definition) is 2. The Morgan fingerprint density at radius 3 is 2.52 bits per heavy atom. The van der Waals surface area contributed by atoms with Gasteiger partial charge in [-0.05, 0) is 57.0 Å². The lowest BCUT2D eigenvalue weighted by Crippen LogP contribution is -2.39. The number of piperidine rings is 1. The van der Waals surface area contributed by atoms with Gasteiger partial charge < -0.3 is 10.2 Å². The third-order valence-corrected chi connectivity index (χ3v) is 4.14. The van der Waals surface area contributed by atoms with Gasteiger partial charge in [0.1, 0.15) is 0 Å². The van der Waals surface area contributed by atoms with Crippen molar-refractivity contribution in [2.45, 2.75) is 25.4 Å². The number of amides is 1. The van der Waals surface area contributed by atoms with Crippen LogP contribution >= 0.6 is 12.4 Å². The first-order valence-electron chi connectivity index (χ1n) is 7.53. The molecule has 0 aliphatic carbocycles. The number of rotatable bonds is 4. The molecule has 7 heteroatoms. The fourth-order valence-corrected chi connectivity index (χ4v) is 2.78. The molecule has 0 radical (unpaired) electrons. The third kappa shape index (κ3) is 5.39. The zero-order valence-electron chi connectivity index (χ0n) is 13.0. The van der Waals surface area contributed by atoms with Crippen molar-refractivity contribution < 1.29 is 18.0 Å². The molecule has 1 aliphatic rings. The number of alkyl halides is 3. The molecule has 1 saturated heterocycles. The van der Waals surface area contributed by atoms with Crippen molar-refractivity contribution in [1.82, 2.24) is 10.2 Å². The van der Waals surface area contributed by atoms with E-state index in [1.165, 1.54) is 12.1 Å². The minimum atomic E-state index is -4.42. The molecular formula is C16H22ClF3N2O. The second-order valence-corrected chi connectivity index (χ2v) is 5.71. The summed E-state index contributed by atoms with van der Waals surface area (Å²) < 4.78 is 38.1. The Hall–Kier alpha value is -1.27. The lowest BCUT2D eigenvalue weighted by atomic mass is 9.93. The van der Waals surface area contributed by atoms with E-state index in [1.807, 2.05) is 7.05 Å². The smallest absolute Gasteiger partial charge is 0.339 e. The van der Waals surface area contributed by atoms with Crippen LogP contribution in [0.4, 0.5) is 13.2 Å². The number of carbonyl (C=O) groups is 1. The number of nitrogens with zero attached hydrogens (tertiary/aromatic N) is 1. The molecule has 130 valence electrons. The van der Waals surface area contributed by atoms with E-state index in [4.69, 9.17) is 0 Å². The number of likely N-dealkylation sites (tertiary alicyclic amines) is 1. The Kier molecular flexibility index (Phi) is 7.35. The Bertz CT molecular complexity index is 514. The molecular weight excluding hydrogens is 329 g/mol. The summed E-state index contributed by atoms with van der Waals surface area (Å²) in [7, 11) is 1.91. The fourth-order valence-electron chi connectivity index (χ4n) is 2.78. The van der Waals surface area contributed by atoms with E-state index < -0.39 is 11.7 Å². The highest BCUT2D eigenvalue weighted by atomic mass is 35.5. The number of hydrogen-bond donors (Lipinski definition) is 1. The van der Waals surface area contributed by atoms with Gasteiger partial charge in [-0.1, -0.05) is 6.07 Å². The van der Waals surface area contributed by atoms with Crippen molar-refractivity contribution >= 4 is 18.3 Å². The van der Waals surface area contributed by atoms with Crippen LogP contribution in [0.25, 0.3) is 0 Å². The third-order valence-electron chi connectivity index (χ3n) is 4.14. The van der Waals surface area contributed by atoms with Crippen LogP contribution < -0.4 is 5.32 Å². The van der Waals surface area contributed by atoms with Crippen molar-refractivity contribution in [2.24, 2.45) is 5.92 Å². The molecule has 1 heterocycles. The average molecular weight is 351 g/mol. The van der Waals surface area contributed by atoms with Crippen LogP contribution in [-0.2, 0) is 6.18 Å². The van der Waals surface area contributed by atoms with Gasteiger partial charge in [-0.15, -0.1) is 12.4 Å². The molecule has 1 aromatic rings. The first kappa shape index (κ1) is 19.8. The van der Waals surface area contributed by atoms with Crippen molar-refractivity contribution in [3.05, 3.63) is 35.4 Å². The summed E-state index contributed by atoms with van der Waals surface area (Å²) in [5.41, 5.74) is -0.661. The Balaban J connectivity index is 0.00000264. The Labute approximate surface area is 140 Å². The standard InChI is InChI=1S/C16H21F3N2O.ClH/c1-20-8-5-12-6-9-21(10-7-12)15(22)13-3-2-4-14(11-13)16(17,18)19;/h2-4,11-12,20H,5-10H2,1H3;1H. The maximum absolute atomic E-state index is 12.7. The van der Waals surface area contributed by atoms with Crippen LogP contribution in [0.5, 0.6) is 0 Å². The second kappa shape index (κ2) is 8.55. The predicted molar refractivity (Wildman–Crippen MR) is 85.9 cm³/mol. The summed E-state index contributed by atoms with van der Waals surface area (Å²) in [5, 5.41) is 3.11. The lowest BCUT2D eigenvalue weighted by Gasteiger charge is -2.32. The van der Waals surface area contributed by atoms with Gasteiger partial charge in [0, 0.05) is 18.7 Å². The molecule has 0 saturated carbocycles. The number of halogens is 4. The van der Waals surface area contributed by atoms with Crippen molar-refractivity contribution in [3.8, 4) is 0 Å². The summed E-state index contributed by atoms with van der Waals surface area (Å²) in [4.78, 5) is 14.0. The zero-order chi connectivity index (χ0) is 16.2. The highest BCUT2D eigenvalue weighted by Gasteiger charge is 2.31. The summed E-state index contributed by atoms with van der Waals surface area (Å²) in [6.07, 6.45) is -1.53. The first-order chi connectivity index (χ1) is 10.4. The van der Waals surface area contributed by atoms with Gasteiger partial charge in [-0.2, -0.15) is 13.2 Å². The quantitative estimate of drug-likeness (QED) is 0.900.